The van der Waals surface area contributed by atoms with Gasteiger partial charge in [-0.05, 0) is 31.4 Å². The van der Waals surface area contributed by atoms with Gasteiger partial charge in [0, 0.05) is 18.2 Å². The van der Waals surface area contributed by atoms with E-state index in [2.05, 4.69) is 22.9 Å². The molecule has 0 radical (unpaired) electrons. The summed E-state index contributed by atoms with van der Waals surface area (Å²) < 4.78 is 27.9. The van der Waals surface area contributed by atoms with Crippen LogP contribution in [0.25, 0.3) is 0 Å². The van der Waals surface area contributed by atoms with Crippen LogP contribution in [0.4, 0.5) is 14.5 Å². The number of nitrogens with one attached hydrogen (secondary N) is 1. The van der Waals surface area contributed by atoms with Gasteiger partial charge in [0.1, 0.15) is 0 Å². The molecule has 0 aliphatic carbocycles. The van der Waals surface area contributed by atoms with Crippen molar-refractivity contribution in [3.63, 3.8) is 0 Å². The fourth-order valence-electron chi connectivity index (χ4n) is 2.49. The van der Waals surface area contributed by atoms with Gasteiger partial charge in [0.25, 0.3) is 5.92 Å². The summed E-state index contributed by atoms with van der Waals surface area (Å²) in [5.41, 5.74) is 1.70. The zero-order chi connectivity index (χ0) is 14.8. The number of hydrogen-bond donors (Lipinski definition) is 2. The number of rotatable bonds is 4. The van der Waals surface area contributed by atoms with Crippen molar-refractivity contribution >= 4 is 18.3 Å². The summed E-state index contributed by atoms with van der Waals surface area (Å²) in [6.45, 7) is 2.40. The van der Waals surface area contributed by atoms with E-state index in [0.29, 0.717) is 13.0 Å². The van der Waals surface area contributed by atoms with Crippen LogP contribution in [0.3, 0.4) is 0 Å². The highest BCUT2D eigenvalue weighted by Gasteiger charge is 2.43. The zero-order valence-corrected chi connectivity index (χ0v) is 12.7. The topological polar surface area (TPSA) is 28.2 Å². The van der Waals surface area contributed by atoms with Crippen LogP contribution >= 0.6 is 12.6 Å². The fraction of sp³-hybridized carbons (Fsp3) is 0.643. The molecule has 1 aromatic heterocycles. The van der Waals surface area contributed by atoms with Gasteiger partial charge in [0.15, 0.2) is 0 Å². The van der Waals surface area contributed by atoms with Crippen LogP contribution in [-0.2, 0) is 0 Å². The molecule has 20 heavy (non-hydrogen) atoms. The first-order valence-corrected chi connectivity index (χ1v) is 7.48. The lowest BCUT2D eigenvalue weighted by atomic mass is 10.0. The van der Waals surface area contributed by atoms with Crippen molar-refractivity contribution in [2.24, 2.45) is 0 Å². The van der Waals surface area contributed by atoms with E-state index in [1.54, 1.807) is 18.1 Å². The number of pyridine rings is 1. The maximum atomic E-state index is 13.9. The number of anilines is 1. The average Bonchev–Trinajstić information content (AvgIpc) is 2.45. The molecular weight excluding hydrogens is 280 g/mol. The minimum Gasteiger partial charge on any atom is -0.364 e. The van der Waals surface area contributed by atoms with Crippen LogP contribution in [0.5, 0.6) is 0 Å². The maximum Gasteiger partial charge on any atom is 0.280 e. The molecule has 0 saturated carbocycles. The predicted molar refractivity (Wildman–Crippen MR) is 81.1 cm³/mol. The summed E-state index contributed by atoms with van der Waals surface area (Å²) in [4.78, 5) is 6.06. The Kier molecular flexibility index (Phi) is 4.86. The zero-order valence-electron chi connectivity index (χ0n) is 11.8. The van der Waals surface area contributed by atoms with Crippen molar-refractivity contribution in [3.05, 3.63) is 24.0 Å². The van der Waals surface area contributed by atoms with E-state index in [9.17, 15) is 8.78 Å². The van der Waals surface area contributed by atoms with Crippen molar-refractivity contribution in [1.82, 2.24) is 10.3 Å². The second-order valence-corrected chi connectivity index (χ2v) is 5.70. The summed E-state index contributed by atoms with van der Waals surface area (Å²) in [6.07, 6.45) is 2.11. The van der Waals surface area contributed by atoms with Gasteiger partial charge in [-0.3, -0.25) is 4.98 Å². The van der Waals surface area contributed by atoms with Gasteiger partial charge in [-0.25, -0.2) is 8.78 Å². The Labute approximate surface area is 124 Å². The summed E-state index contributed by atoms with van der Waals surface area (Å²) in [6, 6.07) is 3.03. The normalized spacial score (nSPS) is 23.6. The Morgan fingerprint density at radius 3 is 2.80 bits per heavy atom. The van der Waals surface area contributed by atoms with Crippen LogP contribution in [0.15, 0.2) is 18.3 Å². The van der Waals surface area contributed by atoms with Gasteiger partial charge in [-0.2, -0.15) is 12.6 Å². The summed E-state index contributed by atoms with van der Waals surface area (Å²) in [5, 5.41) is 2.70. The number of aromatic nitrogens is 1. The monoisotopic (exact) mass is 301 g/mol. The minimum atomic E-state index is -2.72. The van der Waals surface area contributed by atoms with Crippen LogP contribution in [-0.4, -0.2) is 42.8 Å². The Morgan fingerprint density at radius 1 is 1.55 bits per heavy atom. The Morgan fingerprint density at radius 2 is 2.30 bits per heavy atom. The second kappa shape index (κ2) is 6.26. The van der Waals surface area contributed by atoms with Gasteiger partial charge in [-0.15, -0.1) is 0 Å². The third kappa shape index (κ3) is 3.23. The lowest BCUT2D eigenvalue weighted by molar-refractivity contribution is -0.0402. The molecular formula is C14H21F2N3S. The van der Waals surface area contributed by atoms with Gasteiger partial charge >= 0.3 is 0 Å². The lowest BCUT2D eigenvalue weighted by Crippen LogP contribution is -2.56. The SMILES string of the molecule is CNC1CCN(c2ccc(C(C)CS)nc2)CC1(F)F. The van der Waals surface area contributed by atoms with E-state index in [1.807, 2.05) is 19.1 Å². The highest BCUT2D eigenvalue weighted by Crippen LogP contribution is 2.30. The molecule has 1 fully saturated rings. The quantitative estimate of drug-likeness (QED) is 0.837. The van der Waals surface area contributed by atoms with E-state index in [0.717, 1.165) is 17.1 Å². The van der Waals surface area contributed by atoms with E-state index < -0.39 is 12.0 Å². The molecule has 2 heterocycles. The predicted octanol–water partition coefficient (Wildman–Crippen LogP) is 2.55. The largest absolute Gasteiger partial charge is 0.364 e. The number of halogens is 2. The average molecular weight is 301 g/mol. The van der Waals surface area contributed by atoms with Crippen LogP contribution in [0.2, 0.25) is 0 Å². The van der Waals surface area contributed by atoms with Crippen molar-refractivity contribution in [3.8, 4) is 0 Å². The molecule has 2 rings (SSSR count). The smallest absolute Gasteiger partial charge is 0.280 e. The van der Waals surface area contributed by atoms with E-state index in [-0.39, 0.29) is 12.5 Å². The molecule has 0 bridgehead atoms. The van der Waals surface area contributed by atoms with Crippen LogP contribution in [0, 0.1) is 0 Å². The minimum absolute atomic E-state index is 0.262. The molecule has 1 aromatic rings. The van der Waals surface area contributed by atoms with Crippen molar-refractivity contribution in [2.45, 2.75) is 31.2 Å². The first kappa shape index (κ1) is 15.5. The molecule has 112 valence electrons. The molecule has 1 aliphatic heterocycles. The first-order chi connectivity index (χ1) is 9.47. The van der Waals surface area contributed by atoms with Gasteiger partial charge < -0.3 is 10.2 Å². The molecule has 3 nitrogen and oxygen atoms in total. The maximum absolute atomic E-state index is 13.9. The molecule has 6 heteroatoms. The summed E-state index contributed by atoms with van der Waals surface area (Å²) in [5.74, 6) is -1.73. The Hall–Kier alpha value is -0.880. The van der Waals surface area contributed by atoms with Crippen LogP contribution in [0.1, 0.15) is 25.0 Å². The van der Waals surface area contributed by atoms with E-state index >= 15 is 0 Å². The van der Waals surface area contributed by atoms with Gasteiger partial charge in [0.2, 0.25) is 0 Å². The van der Waals surface area contributed by atoms with Gasteiger partial charge in [-0.1, -0.05) is 6.92 Å². The number of nitrogens with zero attached hydrogens (tertiary/aromatic N) is 2. The number of alkyl halides is 2. The molecule has 1 aliphatic rings. The molecule has 2 atom stereocenters. The third-order valence-electron chi connectivity index (χ3n) is 3.86. The first-order valence-electron chi connectivity index (χ1n) is 6.84. The highest BCUT2D eigenvalue weighted by molar-refractivity contribution is 7.80. The molecule has 1 saturated heterocycles. The molecule has 0 spiro atoms. The fourth-order valence-corrected chi connectivity index (χ4v) is 2.67. The Bertz CT molecular complexity index is 439. The molecule has 2 unspecified atom stereocenters. The van der Waals surface area contributed by atoms with E-state index in [4.69, 9.17) is 0 Å². The van der Waals surface area contributed by atoms with Gasteiger partial charge in [0.05, 0.1) is 24.5 Å². The highest BCUT2D eigenvalue weighted by atomic mass is 32.1. The third-order valence-corrected chi connectivity index (χ3v) is 4.41. The Balaban J connectivity index is 2.09. The molecule has 1 N–H and O–H groups in total. The summed E-state index contributed by atoms with van der Waals surface area (Å²) in [7, 11) is 1.59. The standard InChI is InChI=1S/C14H21F2N3S/c1-10(8-20)12-4-3-11(7-18-12)19-6-5-13(17-2)14(15,16)9-19/h3-4,7,10,13,17,20H,5-6,8-9H2,1-2H3. The number of piperidine rings is 1. The van der Waals surface area contributed by atoms with Crippen molar-refractivity contribution in [2.75, 3.05) is 30.8 Å². The molecule has 0 amide bonds. The molecule has 0 aromatic carbocycles. The number of thiol groups is 1. The number of hydrogen-bond acceptors (Lipinski definition) is 4. The van der Waals surface area contributed by atoms with Crippen molar-refractivity contribution < 1.29 is 8.78 Å². The van der Waals surface area contributed by atoms with E-state index in [1.165, 1.54) is 0 Å². The lowest BCUT2D eigenvalue weighted by Gasteiger charge is -2.39. The van der Waals surface area contributed by atoms with Crippen LogP contribution < -0.4 is 10.2 Å². The second-order valence-electron chi connectivity index (χ2n) is 5.34. The van der Waals surface area contributed by atoms with Crippen molar-refractivity contribution in [1.29, 1.82) is 0 Å². The summed E-state index contributed by atoms with van der Waals surface area (Å²) >= 11 is 4.24.